The summed E-state index contributed by atoms with van der Waals surface area (Å²) in [5.74, 6) is 1.80. The third kappa shape index (κ3) is 5.19. The van der Waals surface area contributed by atoms with Crippen molar-refractivity contribution < 1.29 is 0 Å². The van der Waals surface area contributed by atoms with E-state index in [1.807, 2.05) is 6.21 Å². The molecule has 0 unspecified atom stereocenters. The Labute approximate surface area is 171 Å². The normalized spacial score (nSPS) is 12.6. The lowest BCUT2D eigenvalue weighted by atomic mass is 9.89. The average Bonchev–Trinajstić information content (AvgIpc) is 2.64. The molecule has 150 valence electrons. The van der Waals surface area contributed by atoms with Crippen LogP contribution in [-0.4, -0.2) is 12.6 Å². The van der Waals surface area contributed by atoms with E-state index in [-0.39, 0.29) is 0 Å². The molecular formula is C26H36N2. The van der Waals surface area contributed by atoms with Gasteiger partial charge in [-0.2, -0.15) is 0 Å². The highest BCUT2D eigenvalue weighted by Crippen LogP contribution is 2.34. The minimum absolute atomic E-state index is 0.434. The molecule has 0 amide bonds. The minimum atomic E-state index is 0.434. The molecule has 28 heavy (non-hydrogen) atoms. The number of para-hydroxylation sites is 1. The highest BCUT2D eigenvalue weighted by Gasteiger charge is 2.13. The van der Waals surface area contributed by atoms with Gasteiger partial charge in [0.25, 0.3) is 0 Å². The molecule has 0 fully saturated rings. The molecule has 2 heteroatoms. The lowest BCUT2D eigenvalue weighted by Gasteiger charge is -2.16. The largest absolute Gasteiger partial charge is 0.244 e. The molecule has 0 aromatic heterocycles. The Hall–Kier alpha value is -2.22. The predicted molar refractivity (Wildman–Crippen MR) is 125 cm³/mol. The minimum Gasteiger partial charge on any atom is -0.244 e. The van der Waals surface area contributed by atoms with Crippen molar-refractivity contribution in [3.63, 3.8) is 0 Å². The number of rotatable bonds is 7. The molecule has 2 aromatic rings. The summed E-state index contributed by atoms with van der Waals surface area (Å²) in [6.07, 6.45) is 3.70. The smallest absolute Gasteiger partial charge is 0.116 e. The van der Waals surface area contributed by atoms with Gasteiger partial charge in [0.2, 0.25) is 0 Å². The van der Waals surface area contributed by atoms with Gasteiger partial charge in [0.1, 0.15) is 6.34 Å². The first-order valence-electron chi connectivity index (χ1n) is 10.5. The van der Waals surface area contributed by atoms with Crippen molar-refractivity contribution in [2.24, 2.45) is 9.98 Å². The van der Waals surface area contributed by atoms with Crippen LogP contribution in [-0.2, 0) is 0 Å². The number of hydrogen-bond acceptors (Lipinski definition) is 1. The average molecular weight is 377 g/mol. The van der Waals surface area contributed by atoms with E-state index in [1.165, 1.54) is 27.8 Å². The van der Waals surface area contributed by atoms with Gasteiger partial charge in [0.15, 0.2) is 0 Å². The molecule has 0 aliphatic rings. The fourth-order valence-electron chi connectivity index (χ4n) is 3.62. The molecule has 0 aliphatic carbocycles. The van der Waals surface area contributed by atoms with E-state index in [0.717, 1.165) is 5.69 Å². The molecule has 0 atom stereocenters. The van der Waals surface area contributed by atoms with Gasteiger partial charge in [0, 0.05) is 6.21 Å². The van der Waals surface area contributed by atoms with E-state index >= 15 is 0 Å². The molecule has 0 bridgehead atoms. The maximum atomic E-state index is 4.79. The molecule has 2 rings (SSSR count). The number of nitrogens with zero attached hydrogens (tertiary/aromatic N) is 2. The second kappa shape index (κ2) is 9.82. The van der Waals surface area contributed by atoms with Crippen LogP contribution in [0.3, 0.4) is 0 Å². The summed E-state index contributed by atoms with van der Waals surface area (Å²) < 4.78 is 0. The van der Waals surface area contributed by atoms with Gasteiger partial charge in [-0.3, -0.25) is 0 Å². The first-order valence-corrected chi connectivity index (χ1v) is 10.5. The second-order valence-electron chi connectivity index (χ2n) is 8.78. The lowest BCUT2D eigenvalue weighted by molar-refractivity contribution is 0.830. The summed E-state index contributed by atoms with van der Waals surface area (Å²) in [4.78, 5) is 9.40. The van der Waals surface area contributed by atoms with Crippen LogP contribution in [0.5, 0.6) is 0 Å². The van der Waals surface area contributed by atoms with Crippen molar-refractivity contribution >= 4 is 18.2 Å². The van der Waals surface area contributed by atoms with Crippen molar-refractivity contribution in [2.75, 3.05) is 0 Å². The monoisotopic (exact) mass is 376 g/mol. The molecular weight excluding hydrogens is 340 g/mol. The van der Waals surface area contributed by atoms with Gasteiger partial charge in [-0.1, -0.05) is 91.8 Å². The van der Waals surface area contributed by atoms with E-state index in [1.54, 1.807) is 6.34 Å². The van der Waals surface area contributed by atoms with Gasteiger partial charge in [0.05, 0.1) is 5.69 Å². The van der Waals surface area contributed by atoms with Crippen LogP contribution in [0.15, 0.2) is 46.4 Å². The van der Waals surface area contributed by atoms with E-state index in [0.29, 0.717) is 23.7 Å². The van der Waals surface area contributed by atoms with Crippen LogP contribution in [0.2, 0.25) is 0 Å². The van der Waals surface area contributed by atoms with Crippen molar-refractivity contribution in [1.82, 2.24) is 0 Å². The van der Waals surface area contributed by atoms with E-state index in [2.05, 4.69) is 96.8 Å². The molecule has 0 spiro atoms. The zero-order valence-corrected chi connectivity index (χ0v) is 18.8. The summed E-state index contributed by atoms with van der Waals surface area (Å²) in [6, 6.07) is 13.1. The molecule has 2 nitrogen and oxygen atoms in total. The quantitative estimate of drug-likeness (QED) is 0.346. The maximum Gasteiger partial charge on any atom is 0.116 e. The Morgan fingerprint density at radius 1 is 0.607 bits per heavy atom. The molecule has 2 aromatic carbocycles. The first kappa shape index (κ1) is 22.1. The molecule has 0 aliphatic heterocycles. The summed E-state index contributed by atoms with van der Waals surface area (Å²) >= 11 is 0. The Kier molecular flexibility index (Phi) is 7.74. The predicted octanol–water partition coefficient (Wildman–Crippen LogP) is 7.96. The standard InChI is InChI=1S/C26H36N2/c1-17(2)21-11-9-12-22(18(3)4)25(21)15-27-16-28-26-23(19(5)6)13-10-14-24(26)20(7)8/h9-20H,1-8H3/b27-15+,28-16+. The summed E-state index contributed by atoms with van der Waals surface area (Å²) in [5, 5.41) is 0. The van der Waals surface area contributed by atoms with E-state index in [4.69, 9.17) is 4.99 Å². The molecule has 0 saturated carbocycles. The van der Waals surface area contributed by atoms with Crippen molar-refractivity contribution in [2.45, 2.75) is 79.1 Å². The highest BCUT2D eigenvalue weighted by molar-refractivity contribution is 5.90. The van der Waals surface area contributed by atoms with Crippen LogP contribution < -0.4 is 0 Å². The molecule has 0 N–H and O–H groups in total. The lowest BCUT2D eigenvalue weighted by Crippen LogP contribution is -2.02. The Balaban J connectivity index is 2.43. The maximum absolute atomic E-state index is 4.79. The fraction of sp³-hybridized carbons (Fsp3) is 0.462. The second-order valence-corrected chi connectivity index (χ2v) is 8.78. The Morgan fingerprint density at radius 3 is 1.39 bits per heavy atom. The van der Waals surface area contributed by atoms with Gasteiger partial charge < -0.3 is 0 Å². The third-order valence-electron chi connectivity index (χ3n) is 5.22. The SMILES string of the molecule is CC(C)c1cccc(C(C)C)c1/C=N/C=N/c1c(C(C)C)cccc1C(C)C. The highest BCUT2D eigenvalue weighted by atomic mass is 14.9. The van der Waals surface area contributed by atoms with Crippen molar-refractivity contribution in [3.05, 3.63) is 64.2 Å². The third-order valence-corrected chi connectivity index (χ3v) is 5.22. The Bertz CT molecular complexity index is 716. The van der Waals surface area contributed by atoms with Crippen LogP contribution in [0, 0.1) is 0 Å². The van der Waals surface area contributed by atoms with Gasteiger partial charge >= 0.3 is 0 Å². The zero-order valence-electron chi connectivity index (χ0n) is 18.8. The van der Waals surface area contributed by atoms with Crippen LogP contribution in [0.1, 0.15) is 107 Å². The van der Waals surface area contributed by atoms with Crippen molar-refractivity contribution in [1.29, 1.82) is 0 Å². The van der Waals surface area contributed by atoms with E-state index < -0.39 is 0 Å². The summed E-state index contributed by atoms with van der Waals surface area (Å²) in [6.45, 7) is 17.8. The first-order chi connectivity index (χ1) is 13.2. The van der Waals surface area contributed by atoms with Gasteiger partial charge in [-0.25, -0.2) is 9.98 Å². The summed E-state index contributed by atoms with van der Waals surface area (Å²) in [5.41, 5.74) is 7.56. The molecule has 0 heterocycles. The Morgan fingerprint density at radius 2 is 1.00 bits per heavy atom. The van der Waals surface area contributed by atoms with Gasteiger partial charge in [-0.15, -0.1) is 0 Å². The van der Waals surface area contributed by atoms with Crippen LogP contribution >= 0.6 is 0 Å². The van der Waals surface area contributed by atoms with Gasteiger partial charge in [-0.05, 0) is 51.5 Å². The van der Waals surface area contributed by atoms with Crippen molar-refractivity contribution in [3.8, 4) is 0 Å². The molecule has 0 saturated heterocycles. The van der Waals surface area contributed by atoms with Crippen LogP contribution in [0.25, 0.3) is 0 Å². The topological polar surface area (TPSA) is 24.7 Å². The fourth-order valence-corrected chi connectivity index (χ4v) is 3.62. The van der Waals surface area contributed by atoms with Crippen LogP contribution in [0.4, 0.5) is 5.69 Å². The molecule has 0 radical (unpaired) electrons. The van der Waals surface area contributed by atoms with E-state index in [9.17, 15) is 0 Å². The summed E-state index contributed by atoms with van der Waals surface area (Å²) in [7, 11) is 0. The number of aliphatic imine (C=N–C) groups is 2. The number of hydrogen-bond donors (Lipinski definition) is 0. The zero-order chi connectivity index (χ0) is 20.8. The number of benzene rings is 2.